The largest absolute Gasteiger partial charge is 0.337 e. The summed E-state index contributed by atoms with van der Waals surface area (Å²) in [6.07, 6.45) is 3.49. The van der Waals surface area contributed by atoms with E-state index in [4.69, 9.17) is 10.3 Å². The molecule has 4 nitrogen and oxygen atoms in total. The molecule has 0 unspecified atom stereocenters. The summed E-state index contributed by atoms with van der Waals surface area (Å²) >= 11 is 0. The van der Waals surface area contributed by atoms with Gasteiger partial charge in [-0.1, -0.05) is 35.5 Å². The predicted octanol–water partition coefficient (Wildman–Crippen LogP) is 2.49. The molecule has 1 atom stereocenters. The van der Waals surface area contributed by atoms with E-state index in [1.807, 2.05) is 30.3 Å². The third-order valence-corrected chi connectivity index (χ3v) is 3.08. The molecule has 1 heterocycles. The van der Waals surface area contributed by atoms with E-state index in [9.17, 15) is 0 Å². The van der Waals surface area contributed by atoms with Crippen LogP contribution < -0.4 is 5.73 Å². The van der Waals surface area contributed by atoms with Gasteiger partial charge in [-0.25, -0.2) is 0 Å². The van der Waals surface area contributed by atoms with Crippen molar-refractivity contribution in [3.8, 4) is 0 Å². The zero-order valence-electron chi connectivity index (χ0n) is 9.95. The Hall–Kier alpha value is -1.39. The summed E-state index contributed by atoms with van der Waals surface area (Å²) in [6.45, 7) is 0. The first-order valence-electron chi connectivity index (χ1n) is 5.96. The first kappa shape index (κ1) is 13.1. The molecule has 2 aromatic rings. The number of aromatic nitrogens is 2. The lowest BCUT2D eigenvalue weighted by atomic mass is 10.1. The SMILES string of the molecule is Cl.N[C@@H](c1ccccc1)c1nc(CC2CC2)no1. The van der Waals surface area contributed by atoms with Crippen molar-refractivity contribution < 1.29 is 4.52 Å². The maximum Gasteiger partial charge on any atom is 0.248 e. The van der Waals surface area contributed by atoms with Gasteiger partial charge in [-0.05, 0) is 24.3 Å². The van der Waals surface area contributed by atoms with E-state index in [0.717, 1.165) is 23.7 Å². The smallest absolute Gasteiger partial charge is 0.248 e. The third kappa shape index (κ3) is 2.89. The molecule has 18 heavy (non-hydrogen) atoms. The average Bonchev–Trinajstić information content (AvgIpc) is 3.06. The second kappa shape index (κ2) is 5.50. The molecule has 0 aliphatic heterocycles. The van der Waals surface area contributed by atoms with Crippen molar-refractivity contribution in [3.05, 3.63) is 47.6 Å². The molecule has 1 aromatic carbocycles. The van der Waals surface area contributed by atoms with Crippen LogP contribution in [0.4, 0.5) is 0 Å². The Bertz CT molecular complexity index is 496. The molecule has 2 N–H and O–H groups in total. The summed E-state index contributed by atoms with van der Waals surface area (Å²) in [5, 5.41) is 3.98. The number of nitrogens with two attached hydrogens (primary N) is 1. The molecule has 0 amide bonds. The van der Waals surface area contributed by atoms with Gasteiger partial charge in [0.1, 0.15) is 6.04 Å². The second-order valence-corrected chi connectivity index (χ2v) is 4.58. The fraction of sp³-hybridized carbons (Fsp3) is 0.385. The van der Waals surface area contributed by atoms with Gasteiger partial charge in [-0.2, -0.15) is 4.98 Å². The summed E-state index contributed by atoms with van der Waals surface area (Å²) in [4.78, 5) is 4.36. The van der Waals surface area contributed by atoms with E-state index < -0.39 is 0 Å². The second-order valence-electron chi connectivity index (χ2n) is 4.58. The highest BCUT2D eigenvalue weighted by Gasteiger charge is 2.25. The van der Waals surface area contributed by atoms with E-state index >= 15 is 0 Å². The van der Waals surface area contributed by atoms with Gasteiger partial charge in [-0.3, -0.25) is 0 Å². The topological polar surface area (TPSA) is 64.9 Å². The van der Waals surface area contributed by atoms with Crippen LogP contribution in [0.15, 0.2) is 34.9 Å². The lowest BCUT2D eigenvalue weighted by Crippen LogP contribution is -2.12. The van der Waals surface area contributed by atoms with Crippen molar-refractivity contribution in [1.82, 2.24) is 10.1 Å². The van der Waals surface area contributed by atoms with Crippen molar-refractivity contribution in [1.29, 1.82) is 0 Å². The van der Waals surface area contributed by atoms with E-state index in [-0.39, 0.29) is 18.4 Å². The fourth-order valence-corrected chi connectivity index (χ4v) is 1.86. The minimum Gasteiger partial charge on any atom is -0.337 e. The van der Waals surface area contributed by atoms with Crippen molar-refractivity contribution in [3.63, 3.8) is 0 Å². The van der Waals surface area contributed by atoms with Gasteiger partial charge in [0.05, 0.1) is 0 Å². The predicted molar refractivity (Wildman–Crippen MR) is 70.4 cm³/mol. The number of halogens is 1. The quantitative estimate of drug-likeness (QED) is 0.922. The first-order chi connectivity index (χ1) is 8.33. The lowest BCUT2D eigenvalue weighted by molar-refractivity contribution is 0.362. The van der Waals surface area contributed by atoms with Crippen molar-refractivity contribution >= 4 is 12.4 Å². The molecule has 96 valence electrons. The summed E-state index contributed by atoms with van der Waals surface area (Å²) in [5.41, 5.74) is 7.07. The molecule has 0 saturated heterocycles. The van der Waals surface area contributed by atoms with Crippen LogP contribution in [0.25, 0.3) is 0 Å². The molecular formula is C13H16ClN3O. The molecule has 0 spiro atoms. The summed E-state index contributed by atoms with van der Waals surface area (Å²) in [5.74, 6) is 2.05. The Morgan fingerprint density at radius 1 is 1.28 bits per heavy atom. The maximum absolute atomic E-state index is 6.08. The molecule has 0 radical (unpaired) electrons. The van der Waals surface area contributed by atoms with Crippen LogP contribution in [0.2, 0.25) is 0 Å². The van der Waals surface area contributed by atoms with Crippen LogP contribution >= 0.6 is 12.4 Å². The first-order valence-corrected chi connectivity index (χ1v) is 5.96. The molecule has 1 fully saturated rings. The van der Waals surface area contributed by atoms with Gasteiger partial charge in [-0.15, -0.1) is 12.4 Å². The molecule has 1 saturated carbocycles. The van der Waals surface area contributed by atoms with E-state index in [1.54, 1.807) is 0 Å². The van der Waals surface area contributed by atoms with Gasteiger partial charge in [0, 0.05) is 6.42 Å². The number of rotatable bonds is 4. The average molecular weight is 266 g/mol. The Labute approximate surface area is 112 Å². The van der Waals surface area contributed by atoms with Gasteiger partial charge in [0.15, 0.2) is 5.82 Å². The minimum absolute atomic E-state index is 0. The summed E-state index contributed by atoms with van der Waals surface area (Å²) < 4.78 is 5.22. The number of hydrogen-bond acceptors (Lipinski definition) is 4. The number of hydrogen-bond donors (Lipinski definition) is 1. The highest BCUT2D eigenvalue weighted by molar-refractivity contribution is 5.85. The van der Waals surface area contributed by atoms with Crippen LogP contribution in [0.3, 0.4) is 0 Å². The Balaban J connectivity index is 0.00000120. The van der Waals surface area contributed by atoms with Crippen LogP contribution in [0.5, 0.6) is 0 Å². The van der Waals surface area contributed by atoms with Crippen LogP contribution in [-0.4, -0.2) is 10.1 Å². The van der Waals surface area contributed by atoms with Crippen molar-refractivity contribution in [2.75, 3.05) is 0 Å². The number of benzene rings is 1. The normalized spacial score (nSPS) is 16.1. The lowest BCUT2D eigenvalue weighted by Gasteiger charge is -2.05. The Kier molecular flexibility index (Phi) is 3.99. The standard InChI is InChI=1S/C13H15N3O.ClH/c14-12(10-4-2-1-3-5-10)13-15-11(16-17-13)8-9-6-7-9;/h1-5,9,12H,6-8,14H2;1H/t12-;/m0./s1. The van der Waals surface area contributed by atoms with Crippen LogP contribution in [0.1, 0.15) is 36.2 Å². The third-order valence-electron chi connectivity index (χ3n) is 3.08. The molecule has 1 aliphatic carbocycles. The molecule has 1 aromatic heterocycles. The van der Waals surface area contributed by atoms with E-state index in [1.165, 1.54) is 12.8 Å². The van der Waals surface area contributed by atoms with Crippen molar-refractivity contribution in [2.24, 2.45) is 11.7 Å². The Morgan fingerprint density at radius 3 is 2.67 bits per heavy atom. The molecule has 5 heteroatoms. The van der Waals surface area contributed by atoms with Gasteiger partial charge < -0.3 is 10.3 Å². The van der Waals surface area contributed by atoms with E-state index in [0.29, 0.717) is 5.89 Å². The molecular weight excluding hydrogens is 250 g/mol. The maximum atomic E-state index is 6.08. The molecule has 3 rings (SSSR count). The summed E-state index contributed by atoms with van der Waals surface area (Å²) in [6, 6.07) is 9.48. The van der Waals surface area contributed by atoms with Gasteiger partial charge >= 0.3 is 0 Å². The van der Waals surface area contributed by atoms with Crippen molar-refractivity contribution in [2.45, 2.75) is 25.3 Å². The zero-order valence-corrected chi connectivity index (χ0v) is 10.8. The van der Waals surface area contributed by atoms with Gasteiger partial charge in [0.25, 0.3) is 0 Å². The zero-order chi connectivity index (χ0) is 11.7. The van der Waals surface area contributed by atoms with Gasteiger partial charge in [0.2, 0.25) is 5.89 Å². The fourth-order valence-electron chi connectivity index (χ4n) is 1.86. The van der Waals surface area contributed by atoms with Crippen LogP contribution in [0, 0.1) is 5.92 Å². The molecule has 0 bridgehead atoms. The highest BCUT2D eigenvalue weighted by atomic mass is 35.5. The Morgan fingerprint density at radius 2 is 2.00 bits per heavy atom. The molecule has 1 aliphatic rings. The highest BCUT2D eigenvalue weighted by Crippen LogP contribution is 2.32. The minimum atomic E-state index is -0.323. The van der Waals surface area contributed by atoms with E-state index in [2.05, 4.69) is 10.1 Å². The van der Waals surface area contributed by atoms with Crippen LogP contribution in [-0.2, 0) is 6.42 Å². The summed E-state index contributed by atoms with van der Waals surface area (Å²) in [7, 11) is 0. The number of nitrogens with zero attached hydrogens (tertiary/aromatic N) is 2. The monoisotopic (exact) mass is 265 g/mol.